The van der Waals surface area contributed by atoms with Crippen molar-refractivity contribution in [1.29, 1.82) is 0 Å². The molecule has 1 aliphatic heterocycles. The van der Waals surface area contributed by atoms with Crippen LogP contribution in [0.5, 0.6) is 0 Å². The van der Waals surface area contributed by atoms with Crippen molar-refractivity contribution in [2.24, 2.45) is 4.99 Å². The van der Waals surface area contributed by atoms with Crippen LogP contribution in [0.25, 0.3) is 0 Å². The molecule has 1 saturated heterocycles. The van der Waals surface area contributed by atoms with Crippen molar-refractivity contribution in [2.75, 3.05) is 51.8 Å². The molecule has 0 aliphatic carbocycles. The number of ether oxygens (including phenoxy) is 1. The first-order chi connectivity index (χ1) is 13.2. The van der Waals surface area contributed by atoms with Gasteiger partial charge in [0, 0.05) is 51.9 Å². The topological polar surface area (TPSA) is 78.0 Å². The first-order valence-electron chi connectivity index (χ1n) is 9.84. The van der Waals surface area contributed by atoms with Crippen LogP contribution in [0.15, 0.2) is 29.3 Å². The number of hydrogen-bond acceptors (Lipinski definition) is 4. The van der Waals surface area contributed by atoms with Crippen LogP contribution in [0.4, 0.5) is 5.69 Å². The molecule has 0 atom stereocenters. The Morgan fingerprint density at radius 1 is 1.21 bits per heavy atom. The van der Waals surface area contributed by atoms with E-state index in [-0.39, 0.29) is 29.9 Å². The summed E-state index contributed by atoms with van der Waals surface area (Å²) in [6.45, 7) is 7.52. The Kier molecular flexibility index (Phi) is 12.6. The number of aliphatic imine (C=N–C) groups is 1. The first-order valence-corrected chi connectivity index (χ1v) is 9.84. The van der Waals surface area contributed by atoms with Crippen LogP contribution in [-0.2, 0) is 16.1 Å². The third-order valence-electron chi connectivity index (χ3n) is 4.42. The van der Waals surface area contributed by atoms with Crippen LogP contribution >= 0.6 is 24.0 Å². The van der Waals surface area contributed by atoms with Gasteiger partial charge in [0.1, 0.15) is 0 Å². The fraction of sp³-hybridized carbons (Fsp3) is 0.600. The maximum Gasteiger partial charge on any atom is 0.222 e. The molecule has 0 bridgehead atoms. The van der Waals surface area contributed by atoms with Crippen LogP contribution in [-0.4, -0.2) is 63.2 Å². The fourth-order valence-corrected chi connectivity index (χ4v) is 2.95. The molecule has 8 heteroatoms. The van der Waals surface area contributed by atoms with Gasteiger partial charge >= 0.3 is 0 Å². The van der Waals surface area contributed by atoms with Gasteiger partial charge < -0.3 is 25.6 Å². The van der Waals surface area contributed by atoms with Crippen molar-refractivity contribution in [2.45, 2.75) is 32.7 Å². The number of amides is 1. The highest BCUT2D eigenvalue weighted by Crippen LogP contribution is 2.10. The van der Waals surface area contributed by atoms with Crippen molar-refractivity contribution < 1.29 is 9.53 Å². The minimum absolute atomic E-state index is 0. The number of carbonyl (C=O) groups is 1. The van der Waals surface area contributed by atoms with Crippen molar-refractivity contribution in [3.63, 3.8) is 0 Å². The van der Waals surface area contributed by atoms with Gasteiger partial charge in [-0.3, -0.25) is 4.79 Å². The van der Waals surface area contributed by atoms with Crippen molar-refractivity contribution >= 4 is 41.5 Å². The second-order valence-electron chi connectivity index (χ2n) is 6.58. The number of anilines is 1. The summed E-state index contributed by atoms with van der Waals surface area (Å²) in [4.78, 5) is 18.2. The maximum atomic E-state index is 11.6. The largest absolute Gasteiger partial charge is 0.383 e. The number of likely N-dealkylation sites (tertiary alicyclic amines) is 1. The van der Waals surface area contributed by atoms with Crippen molar-refractivity contribution in [1.82, 2.24) is 15.5 Å². The highest BCUT2D eigenvalue weighted by Gasteiger charge is 2.18. The molecule has 1 aromatic rings. The van der Waals surface area contributed by atoms with E-state index in [1.165, 1.54) is 0 Å². The molecule has 1 fully saturated rings. The van der Waals surface area contributed by atoms with E-state index >= 15 is 0 Å². The molecule has 28 heavy (non-hydrogen) atoms. The molecule has 0 saturated carbocycles. The molecule has 1 aromatic carbocycles. The molecule has 1 aliphatic rings. The number of nitrogens with zero attached hydrogens (tertiary/aromatic N) is 2. The number of hydrogen-bond donors (Lipinski definition) is 3. The summed E-state index contributed by atoms with van der Waals surface area (Å²) in [5.41, 5.74) is 2.24. The van der Waals surface area contributed by atoms with E-state index in [1.54, 1.807) is 7.11 Å². The quantitative estimate of drug-likeness (QED) is 0.187. The zero-order chi connectivity index (χ0) is 19.3. The Hall–Kier alpha value is -1.55. The normalized spacial score (nSPS) is 14.0. The standard InChI is InChI=1S/C20H33N5O2.HI/c1-3-21-20(23-11-5-14-25-13-4-6-19(25)26)24-16-17-7-9-18(10-8-17)22-12-15-27-2;/h7-10,22H,3-6,11-16H2,1-2H3,(H2,21,23,24);1H. The molecule has 7 nitrogen and oxygen atoms in total. The summed E-state index contributed by atoms with van der Waals surface area (Å²) < 4.78 is 5.04. The lowest BCUT2D eigenvalue weighted by molar-refractivity contribution is -0.127. The van der Waals surface area contributed by atoms with E-state index in [1.807, 2.05) is 4.90 Å². The van der Waals surface area contributed by atoms with Crippen LogP contribution in [0.2, 0.25) is 0 Å². The van der Waals surface area contributed by atoms with E-state index in [2.05, 4.69) is 52.1 Å². The number of guanidine groups is 1. The summed E-state index contributed by atoms with van der Waals surface area (Å²) >= 11 is 0. The Balaban J connectivity index is 0.00000392. The molecule has 0 unspecified atom stereocenters. The number of benzene rings is 1. The summed E-state index contributed by atoms with van der Waals surface area (Å²) in [6, 6.07) is 8.30. The first kappa shape index (κ1) is 24.5. The van der Waals surface area contributed by atoms with Gasteiger partial charge in [-0.05, 0) is 37.5 Å². The molecule has 0 radical (unpaired) electrons. The van der Waals surface area contributed by atoms with E-state index < -0.39 is 0 Å². The average Bonchev–Trinajstić information content (AvgIpc) is 3.09. The van der Waals surface area contributed by atoms with Gasteiger partial charge in [-0.25, -0.2) is 4.99 Å². The lowest BCUT2D eigenvalue weighted by Crippen LogP contribution is -2.39. The number of halogens is 1. The predicted octanol–water partition coefficient (Wildman–Crippen LogP) is 2.43. The molecule has 3 N–H and O–H groups in total. The Morgan fingerprint density at radius 3 is 2.64 bits per heavy atom. The van der Waals surface area contributed by atoms with Gasteiger partial charge in [0.05, 0.1) is 13.2 Å². The lowest BCUT2D eigenvalue weighted by Gasteiger charge is -2.16. The van der Waals surface area contributed by atoms with E-state index in [0.29, 0.717) is 19.6 Å². The SMILES string of the molecule is CCNC(=NCc1ccc(NCCOC)cc1)NCCCN1CCCC1=O.I. The van der Waals surface area contributed by atoms with Crippen LogP contribution < -0.4 is 16.0 Å². The Bertz CT molecular complexity index is 595. The molecule has 1 heterocycles. The zero-order valence-corrected chi connectivity index (χ0v) is 19.3. The Labute approximate surface area is 185 Å². The third-order valence-corrected chi connectivity index (χ3v) is 4.42. The van der Waals surface area contributed by atoms with Gasteiger partial charge in [-0.2, -0.15) is 0 Å². The van der Waals surface area contributed by atoms with Crippen LogP contribution in [0.1, 0.15) is 31.7 Å². The van der Waals surface area contributed by atoms with E-state index in [9.17, 15) is 4.79 Å². The van der Waals surface area contributed by atoms with Gasteiger partial charge in [-0.15, -0.1) is 24.0 Å². The Morgan fingerprint density at radius 2 is 2.00 bits per heavy atom. The molecular formula is C20H34IN5O2. The smallest absolute Gasteiger partial charge is 0.222 e. The highest BCUT2D eigenvalue weighted by atomic mass is 127. The summed E-state index contributed by atoms with van der Waals surface area (Å²) in [5, 5.41) is 9.92. The maximum absolute atomic E-state index is 11.6. The monoisotopic (exact) mass is 503 g/mol. The van der Waals surface area contributed by atoms with Crippen molar-refractivity contribution in [3.05, 3.63) is 29.8 Å². The average molecular weight is 503 g/mol. The van der Waals surface area contributed by atoms with Gasteiger partial charge in [0.25, 0.3) is 0 Å². The number of rotatable bonds is 11. The number of methoxy groups -OCH3 is 1. The minimum Gasteiger partial charge on any atom is -0.383 e. The second-order valence-corrected chi connectivity index (χ2v) is 6.58. The lowest BCUT2D eigenvalue weighted by atomic mass is 10.2. The van der Waals surface area contributed by atoms with Gasteiger partial charge in [0.2, 0.25) is 5.91 Å². The number of nitrogens with one attached hydrogen (secondary N) is 3. The van der Waals surface area contributed by atoms with Crippen molar-refractivity contribution in [3.8, 4) is 0 Å². The second kappa shape index (κ2) is 14.4. The fourth-order valence-electron chi connectivity index (χ4n) is 2.95. The van der Waals surface area contributed by atoms with Gasteiger partial charge in [-0.1, -0.05) is 12.1 Å². The molecule has 158 valence electrons. The molecule has 2 rings (SSSR count). The number of carbonyl (C=O) groups excluding carboxylic acids is 1. The van der Waals surface area contributed by atoms with Crippen LogP contribution in [0, 0.1) is 0 Å². The summed E-state index contributed by atoms with van der Waals surface area (Å²) in [6.07, 6.45) is 2.63. The molecule has 0 aromatic heterocycles. The van der Waals surface area contributed by atoms with Gasteiger partial charge in [0.15, 0.2) is 5.96 Å². The highest BCUT2D eigenvalue weighted by molar-refractivity contribution is 14.0. The van der Waals surface area contributed by atoms with E-state index in [4.69, 9.17) is 4.74 Å². The minimum atomic E-state index is 0. The zero-order valence-electron chi connectivity index (χ0n) is 17.0. The van der Waals surface area contributed by atoms with E-state index in [0.717, 1.165) is 62.8 Å². The molecular weight excluding hydrogens is 469 g/mol. The predicted molar refractivity (Wildman–Crippen MR) is 125 cm³/mol. The summed E-state index contributed by atoms with van der Waals surface area (Å²) in [5.74, 6) is 1.10. The third kappa shape index (κ3) is 9.09. The molecule has 1 amide bonds. The van der Waals surface area contributed by atoms with Crippen LogP contribution in [0.3, 0.4) is 0 Å². The summed E-state index contributed by atoms with van der Waals surface area (Å²) in [7, 11) is 1.70. The molecule has 0 spiro atoms.